The Labute approximate surface area is 148 Å². The van der Waals surface area contributed by atoms with E-state index in [9.17, 15) is 19.5 Å². The van der Waals surface area contributed by atoms with Crippen LogP contribution >= 0.6 is 0 Å². The summed E-state index contributed by atoms with van der Waals surface area (Å²) in [6.45, 7) is 12.7. The van der Waals surface area contributed by atoms with Crippen molar-refractivity contribution in [1.82, 2.24) is 0 Å². The van der Waals surface area contributed by atoms with E-state index in [0.717, 1.165) is 0 Å². The Hall–Kier alpha value is -1.49. The van der Waals surface area contributed by atoms with E-state index in [4.69, 9.17) is 4.74 Å². The van der Waals surface area contributed by atoms with Gasteiger partial charge in [-0.3, -0.25) is 9.59 Å². The summed E-state index contributed by atoms with van der Waals surface area (Å²) in [6, 6.07) is 0. The van der Waals surface area contributed by atoms with Gasteiger partial charge in [-0.1, -0.05) is 20.4 Å². The molecule has 1 N–H and O–H groups in total. The van der Waals surface area contributed by atoms with Crippen LogP contribution in [-0.4, -0.2) is 34.3 Å². The molecule has 25 heavy (non-hydrogen) atoms. The molecule has 5 nitrogen and oxygen atoms in total. The lowest BCUT2D eigenvalue weighted by Crippen LogP contribution is -2.67. The predicted octanol–water partition coefficient (Wildman–Crippen LogP) is 2.31. The van der Waals surface area contributed by atoms with Gasteiger partial charge < -0.3 is 9.84 Å². The SMILES string of the molecule is C=C1C(=O)O[C@@H]2[C@H]1[C@@H](C)[C@@H]1[C@@](C)([C@@H]2C(C)=O)[C@H](C(C)=O)CC[C@@]1(C)O. The van der Waals surface area contributed by atoms with Crippen LogP contribution in [0.4, 0.5) is 0 Å². The summed E-state index contributed by atoms with van der Waals surface area (Å²) in [5, 5.41) is 11.2. The molecule has 0 aromatic carbocycles. The van der Waals surface area contributed by atoms with Crippen LogP contribution < -0.4 is 0 Å². The molecule has 5 heteroatoms. The maximum atomic E-state index is 12.7. The number of aliphatic hydroxyl groups is 1. The van der Waals surface area contributed by atoms with Crippen molar-refractivity contribution in [3.63, 3.8) is 0 Å². The van der Waals surface area contributed by atoms with Crippen molar-refractivity contribution in [3.8, 4) is 0 Å². The molecule has 1 heterocycles. The lowest BCUT2D eigenvalue weighted by atomic mass is 9.41. The van der Waals surface area contributed by atoms with Gasteiger partial charge in [0.25, 0.3) is 0 Å². The molecule has 0 amide bonds. The van der Waals surface area contributed by atoms with Crippen LogP contribution in [0.3, 0.4) is 0 Å². The van der Waals surface area contributed by atoms with Gasteiger partial charge in [-0.05, 0) is 50.9 Å². The topological polar surface area (TPSA) is 80.7 Å². The smallest absolute Gasteiger partial charge is 0.334 e. The van der Waals surface area contributed by atoms with E-state index in [2.05, 4.69) is 6.58 Å². The van der Waals surface area contributed by atoms with E-state index in [1.807, 2.05) is 13.8 Å². The monoisotopic (exact) mass is 348 g/mol. The van der Waals surface area contributed by atoms with Crippen molar-refractivity contribution < 1.29 is 24.2 Å². The van der Waals surface area contributed by atoms with Crippen molar-refractivity contribution in [2.45, 2.75) is 59.2 Å². The van der Waals surface area contributed by atoms with Gasteiger partial charge in [0.2, 0.25) is 0 Å². The molecule has 0 bridgehead atoms. The number of fused-ring (bicyclic) bond motifs is 2. The summed E-state index contributed by atoms with van der Waals surface area (Å²) in [5.41, 5.74) is -1.37. The summed E-state index contributed by atoms with van der Waals surface area (Å²) in [4.78, 5) is 37.3. The first-order valence-corrected chi connectivity index (χ1v) is 9.07. The molecule has 0 unspecified atom stereocenters. The van der Waals surface area contributed by atoms with Crippen molar-refractivity contribution in [2.75, 3.05) is 0 Å². The summed E-state index contributed by atoms with van der Waals surface area (Å²) >= 11 is 0. The Bertz CT molecular complexity index is 663. The van der Waals surface area contributed by atoms with Crippen LogP contribution in [0.25, 0.3) is 0 Å². The number of carbonyl (C=O) groups excluding carboxylic acids is 3. The number of hydrogen-bond donors (Lipinski definition) is 1. The third-order valence-corrected chi connectivity index (χ3v) is 7.31. The Kier molecular flexibility index (Phi) is 4.03. The van der Waals surface area contributed by atoms with Crippen LogP contribution in [-0.2, 0) is 19.1 Å². The molecule has 1 aliphatic heterocycles. The second-order valence-corrected chi connectivity index (χ2v) is 8.77. The van der Waals surface area contributed by atoms with Crippen molar-refractivity contribution in [2.24, 2.45) is 35.0 Å². The normalized spacial score (nSPS) is 49.2. The molecule has 3 fully saturated rings. The van der Waals surface area contributed by atoms with Crippen molar-refractivity contribution in [3.05, 3.63) is 12.2 Å². The average Bonchev–Trinajstić information content (AvgIpc) is 2.72. The Morgan fingerprint density at radius 2 is 1.84 bits per heavy atom. The van der Waals surface area contributed by atoms with E-state index in [-0.39, 0.29) is 35.2 Å². The molecule has 3 aliphatic rings. The highest BCUT2D eigenvalue weighted by Crippen LogP contribution is 2.65. The van der Waals surface area contributed by atoms with Crippen LogP contribution in [0, 0.1) is 35.0 Å². The van der Waals surface area contributed by atoms with Crippen LogP contribution in [0.5, 0.6) is 0 Å². The average molecular weight is 348 g/mol. The van der Waals surface area contributed by atoms with E-state index in [0.29, 0.717) is 18.4 Å². The van der Waals surface area contributed by atoms with Gasteiger partial charge in [0, 0.05) is 17.4 Å². The number of hydrogen-bond acceptors (Lipinski definition) is 5. The summed E-state index contributed by atoms with van der Waals surface area (Å²) in [7, 11) is 0. The van der Waals surface area contributed by atoms with Crippen LogP contribution in [0.1, 0.15) is 47.5 Å². The third kappa shape index (κ3) is 2.28. The Balaban J connectivity index is 2.24. The lowest BCUT2D eigenvalue weighted by Gasteiger charge is -2.63. The molecular weight excluding hydrogens is 320 g/mol. The van der Waals surface area contributed by atoms with Gasteiger partial charge in [-0.15, -0.1) is 0 Å². The molecule has 2 aliphatic carbocycles. The summed E-state index contributed by atoms with van der Waals surface area (Å²) in [6.07, 6.45) is 0.452. The van der Waals surface area contributed by atoms with Crippen molar-refractivity contribution in [1.29, 1.82) is 0 Å². The molecule has 0 radical (unpaired) electrons. The first-order valence-electron chi connectivity index (χ1n) is 9.07. The molecule has 0 aromatic heterocycles. The first-order chi connectivity index (χ1) is 11.4. The van der Waals surface area contributed by atoms with Gasteiger partial charge in [0.15, 0.2) is 0 Å². The highest BCUT2D eigenvalue weighted by Gasteiger charge is 2.69. The minimum Gasteiger partial charge on any atom is -0.458 e. The zero-order valence-electron chi connectivity index (χ0n) is 15.7. The second kappa shape index (κ2) is 5.50. The number of Topliss-reactive ketones (excluding diaryl/α,β-unsaturated/α-hetero) is 2. The fourth-order valence-electron chi connectivity index (χ4n) is 6.70. The van der Waals surface area contributed by atoms with Gasteiger partial charge in [0.1, 0.15) is 17.7 Å². The summed E-state index contributed by atoms with van der Waals surface area (Å²) < 4.78 is 5.58. The zero-order valence-corrected chi connectivity index (χ0v) is 15.7. The number of esters is 1. The molecule has 0 aromatic rings. The van der Waals surface area contributed by atoms with Crippen LogP contribution in [0.2, 0.25) is 0 Å². The van der Waals surface area contributed by atoms with E-state index < -0.39 is 29.0 Å². The highest BCUT2D eigenvalue weighted by molar-refractivity contribution is 5.93. The Morgan fingerprint density at radius 1 is 1.24 bits per heavy atom. The number of carbonyl (C=O) groups is 3. The zero-order chi connectivity index (χ0) is 18.9. The molecule has 1 saturated heterocycles. The molecule has 0 spiro atoms. The quantitative estimate of drug-likeness (QED) is 0.612. The lowest BCUT2D eigenvalue weighted by molar-refractivity contribution is -0.216. The van der Waals surface area contributed by atoms with E-state index >= 15 is 0 Å². The fourth-order valence-corrected chi connectivity index (χ4v) is 6.70. The maximum absolute atomic E-state index is 12.7. The number of rotatable bonds is 2. The largest absolute Gasteiger partial charge is 0.458 e. The Morgan fingerprint density at radius 3 is 2.36 bits per heavy atom. The predicted molar refractivity (Wildman–Crippen MR) is 91.5 cm³/mol. The number of ether oxygens (including phenoxy) is 1. The van der Waals surface area contributed by atoms with Gasteiger partial charge in [0.05, 0.1) is 11.5 Å². The molecule has 2 saturated carbocycles. The number of ketones is 2. The van der Waals surface area contributed by atoms with Gasteiger partial charge in [-0.2, -0.15) is 0 Å². The van der Waals surface area contributed by atoms with Crippen LogP contribution in [0.15, 0.2) is 12.2 Å². The van der Waals surface area contributed by atoms with E-state index in [1.54, 1.807) is 13.8 Å². The standard InChI is InChI=1S/C20H28O5/c1-9-14-10(2)18(23)25-16(14)15(12(4)22)20(6)13(11(3)21)7-8-19(5,24)17(9)20/h9,13-17,24H,2,7-8H2,1,3-6H3/t9-,13+,14+,15-,16-,17+,19-,20-/m1/s1. The second-order valence-electron chi connectivity index (χ2n) is 8.77. The summed E-state index contributed by atoms with van der Waals surface area (Å²) in [5.74, 6) is -2.16. The first kappa shape index (κ1) is 18.3. The molecule has 8 atom stereocenters. The third-order valence-electron chi connectivity index (χ3n) is 7.31. The molecular formula is C20H28O5. The minimum atomic E-state index is -1.01. The van der Waals surface area contributed by atoms with Crippen molar-refractivity contribution >= 4 is 17.5 Å². The van der Waals surface area contributed by atoms with Gasteiger partial charge in [-0.25, -0.2) is 4.79 Å². The highest BCUT2D eigenvalue weighted by atomic mass is 16.6. The van der Waals surface area contributed by atoms with E-state index in [1.165, 1.54) is 6.92 Å². The van der Waals surface area contributed by atoms with Gasteiger partial charge >= 0.3 is 5.97 Å². The molecule has 138 valence electrons. The maximum Gasteiger partial charge on any atom is 0.334 e. The minimum absolute atomic E-state index is 0.0306. The fraction of sp³-hybridized carbons (Fsp3) is 0.750. The molecule has 3 rings (SSSR count).